The first-order valence-corrected chi connectivity index (χ1v) is 9.67. The summed E-state index contributed by atoms with van der Waals surface area (Å²) in [4.78, 5) is 23.3. The van der Waals surface area contributed by atoms with E-state index in [4.69, 9.17) is 14.6 Å². The molecule has 0 spiro atoms. The number of rotatable bonds is 9. The molecule has 1 amide bonds. The van der Waals surface area contributed by atoms with Crippen molar-refractivity contribution in [1.29, 1.82) is 0 Å². The Bertz CT molecular complexity index is 754. The van der Waals surface area contributed by atoms with Gasteiger partial charge in [0.1, 0.15) is 17.8 Å². The molecule has 0 aliphatic rings. The number of carbonyl (C=O) groups excluding carboxylic acids is 1. The largest absolute Gasteiger partial charge is 0.497 e. The highest BCUT2D eigenvalue weighted by molar-refractivity contribution is 7.89. The topological polar surface area (TPSA) is 131 Å². The lowest BCUT2D eigenvalue weighted by molar-refractivity contribution is -0.142. The monoisotopic (exact) mass is 402 g/mol. The second-order valence-corrected chi connectivity index (χ2v) is 8.56. The zero-order chi connectivity index (χ0) is 20.8. The van der Waals surface area contributed by atoms with Gasteiger partial charge in [-0.1, -0.05) is 0 Å². The molecule has 0 heterocycles. The van der Waals surface area contributed by atoms with Gasteiger partial charge in [-0.2, -0.15) is 4.72 Å². The number of benzene rings is 1. The van der Waals surface area contributed by atoms with Gasteiger partial charge in [0.05, 0.1) is 24.2 Å². The van der Waals surface area contributed by atoms with Gasteiger partial charge < -0.3 is 19.9 Å². The fourth-order valence-corrected chi connectivity index (χ4v) is 3.06. The van der Waals surface area contributed by atoms with Gasteiger partial charge in [-0.05, 0) is 52.0 Å². The van der Waals surface area contributed by atoms with Gasteiger partial charge in [-0.25, -0.2) is 8.42 Å². The molecule has 0 aromatic heterocycles. The molecule has 0 aliphatic carbocycles. The van der Waals surface area contributed by atoms with E-state index in [1.807, 2.05) is 0 Å². The van der Waals surface area contributed by atoms with E-state index in [0.717, 1.165) is 0 Å². The first-order valence-electron chi connectivity index (χ1n) is 8.19. The summed E-state index contributed by atoms with van der Waals surface area (Å²) >= 11 is 0. The van der Waals surface area contributed by atoms with Crippen LogP contribution in [0.25, 0.3) is 0 Å². The molecular formula is C17H26N2O7S. The SMILES string of the molecule is COc1ccc(S(=O)(=O)N[C@H](COC(C)(C)C)C(=O)N[C@@H](C)C(=O)O)cc1. The van der Waals surface area contributed by atoms with Crippen molar-refractivity contribution in [2.24, 2.45) is 0 Å². The van der Waals surface area contributed by atoms with E-state index in [1.54, 1.807) is 20.8 Å². The Hall–Kier alpha value is -2.17. The standard InChI is InChI=1S/C17H26N2O7S/c1-11(16(21)22)18-15(20)14(10-26-17(2,3)4)19-27(23,24)13-8-6-12(25-5)7-9-13/h6-9,11,14,19H,10H2,1-5H3,(H,18,20)(H,21,22)/t11-,14+/m0/s1. The Kier molecular flexibility index (Phi) is 7.76. The first kappa shape index (κ1) is 22.9. The third-order valence-electron chi connectivity index (χ3n) is 3.40. The molecular weight excluding hydrogens is 376 g/mol. The van der Waals surface area contributed by atoms with Crippen molar-refractivity contribution < 1.29 is 32.6 Å². The summed E-state index contributed by atoms with van der Waals surface area (Å²) in [5.41, 5.74) is -0.623. The third-order valence-corrected chi connectivity index (χ3v) is 4.88. The number of carboxylic acids is 1. The van der Waals surface area contributed by atoms with Crippen LogP contribution in [-0.4, -0.2) is 56.8 Å². The zero-order valence-electron chi connectivity index (χ0n) is 16.0. The first-order chi connectivity index (χ1) is 12.4. The number of ether oxygens (including phenoxy) is 2. The van der Waals surface area contributed by atoms with Gasteiger partial charge in [0.2, 0.25) is 15.9 Å². The van der Waals surface area contributed by atoms with Gasteiger partial charge in [0.25, 0.3) is 0 Å². The Morgan fingerprint density at radius 2 is 1.74 bits per heavy atom. The molecule has 0 bridgehead atoms. The molecule has 0 unspecified atom stereocenters. The second kappa shape index (κ2) is 9.16. The van der Waals surface area contributed by atoms with Crippen LogP contribution < -0.4 is 14.8 Å². The number of hydrogen-bond acceptors (Lipinski definition) is 6. The molecule has 10 heteroatoms. The van der Waals surface area contributed by atoms with Crippen LogP contribution in [0.15, 0.2) is 29.2 Å². The van der Waals surface area contributed by atoms with Gasteiger partial charge in [0, 0.05) is 0 Å². The molecule has 9 nitrogen and oxygen atoms in total. The molecule has 3 N–H and O–H groups in total. The fraction of sp³-hybridized carbons (Fsp3) is 0.529. The van der Waals surface area contributed by atoms with Crippen LogP contribution in [0, 0.1) is 0 Å². The smallest absolute Gasteiger partial charge is 0.325 e. The van der Waals surface area contributed by atoms with Gasteiger partial charge in [-0.3, -0.25) is 9.59 Å². The Morgan fingerprint density at radius 3 is 2.19 bits per heavy atom. The molecule has 0 fully saturated rings. The van der Waals surface area contributed by atoms with Crippen LogP contribution in [0.1, 0.15) is 27.7 Å². The predicted molar refractivity (Wildman–Crippen MR) is 98.0 cm³/mol. The maximum absolute atomic E-state index is 12.6. The number of sulfonamides is 1. The Morgan fingerprint density at radius 1 is 1.19 bits per heavy atom. The highest BCUT2D eigenvalue weighted by atomic mass is 32.2. The summed E-state index contributed by atoms with van der Waals surface area (Å²) in [5.74, 6) is -1.56. The van der Waals surface area contributed by atoms with E-state index >= 15 is 0 Å². The number of carboxylic acid groups (broad SMARTS) is 1. The summed E-state index contributed by atoms with van der Waals surface area (Å²) < 4.78 is 37.9. The Labute approximate surface area is 159 Å². The summed E-state index contributed by atoms with van der Waals surface area (Å²) in [6.45, 7) is 6.26. The van der Waals surface area contributed by atoms with Crippen LogP contribution in [-0.2, 0) is 24.3 Å². The normalized spacial score (nSPS) is 14.3. The van der Waals surface area contributed by atoms with Crippen molar-refractivity contribution in [3.8, 4) is 5.75 Å². The minimum absolute atomic E-state index is 0.0665. The van der Waals surface area contributed by atoms with Crippen LogP contribution in [0.4, 0.5) is 0 Å². The van der Waals surface area contributed by atoms with Crippen LogP contribution in [0.5, 0.6) is 5.75 Å². The molecule has 0 saturated heterocycles. The molecule has 2 atom stereocenters. The molecule has 1 rings (SSSR count). The summed E-state index contributed by atoms with van der Waals surface area (Å²) in [5, 5.41) is 11.2. The van der Waals surface area contributed by atoms with Crippen molar-refractivity contribution in [3.05, 3.63) is 24.3 Å². The molecule has 1 aromatic carbocycles. The van der Waals surface area contributed by atoms with Crippen molar-refractivity contribution in [2.45, 2.75) is 50.3 Å². The maximum atomic E-state index is 12.6. The maximum Gasteiger partial charge on any atom is 0.325 e. The van der Waals surface area contributed by atoms with Crippen molar-refractivity contribution in [2.75, 3.05) is 13.7 Å². The Balaban J connectivity index is 3.02. The lowest BCUT2D eigenvalue weighted by atomic mass is 10.2. The third kappa shape index (κ3) is 7.53. The lowest BCUT2D eigenvalue weighted by Crippen LogP contribution is -2.53. The second-order valence-electron chi connectivity index (χ2n) is 6.84. The van der Waals surface area contributed by atoms with E-state index in [9.17, 15) is 18.0 Å². The minimum Gasteiger partial charge on any atom is -0.497 e. The number of amides is 1. The highest BCUT2D eigenvalue weighted by Gasteiger charge is 2.29. The van der Waals surface area contributed by atoms with Crippen LogP contribution >= 0.6 is 0 Å². The van der Waals surface area contributed by atoms with Crippen LogP contribution in [0.3, 0.4) is 0 Å². The average molecular weight is 402 g/mol. The van der Waals surface area contributed by atoms with E-state index in [1.165, 1.54) is 38.3 Å². The molecule has 1 aromatic rings. The molecule has 27 heavy (non-hydrogen) atoms. The quantitative estimate of drug-likeness (QED) is 0.555. The number of hydrogen-bond donors (Lipinski definition) is 3. The molecule has 152 valence electrons. The number of carbonyl (C=O) groups is 2. The predicted octanol–water partition coefficient (Wildman–Crippen LogP) is 0.747. The number of methoxy groups -OCH3 is 1. The zero-order valence-corrected chi connectivity index (χ0v) is 16.8. The highest BCUT2D eigenvalue weighted by Crippen LogP contribution is 2.16. The summed E-state index contributed by atoms with van der Waals surface area (Å²) in [6, 6.07) is 3.13. The molecule has 0 radical (unpaired) electrons. The van der Waals surface area contributed by atoms with Crippen molar-refractivity contribution in [1.82, 2.24) is 10.0 Å². The summed E-state index contributed by atoms with van der Waals surface area (Å²) in [6.07, 6.45) is 0. The van der Waals surface area contributed by atoms with Gasteiger partial charge in [-0.15, -0.1) is 0 Å². The lowest BCUT2D eigenvalue weighted by Gasteiger charge is -2.25. The average Bonchev–Trinajstić information content (AvgIpc) is 2.57. The van der Waals surface area contributed by atoms with Crippen LogP contribution in [0.2, 0.25) is 0 Å². The number of nitrogens with one attached hydrogen (secondary N) is 2. The minimum atomic E-state index is -4.05. The number of aliphatic carboxylic acids is 1. The van der Waals surface area contributed by atoms with E-state index in [0.29, 0.717) is 5.75 Å². The van der Waals surface area contributed by atoms with Gasteiger partial charge >= 0.3 is 5.97 Å². The van der Waals surface area contributed by atoms with Crippen molar-refractivity contribution >= 4 is 21.9 Å². The van der Waals surface area contributed by atoms with E-state index in [-0.39, 0.29) is 11.5 Å². The summed E-state index contributed by atoms with van der Waals surface area (Å²) in [7, 11) is -2.59. The van der Waals surface area contributed by atoms with Crippen molar-refractivity contribution in [3.63, 3.8) is 0 Å². The van der Waals surface area contributed by atoms with E-state index < -0.39 is 39.6 Å². The fourth-order valence-electron chi connectivity index (χ4n) is 1.88. The molecule has 0 saturated carbocycles. The van der Waals surface area contributed by atoms with Gasteiger partial charge in [0.15, 0.2) is 0 Å². The molecule has 0 aliphatic heterocycles. The van der Waals surface area contributed by atoms with E-state index in [2.05, 4.69) is 10.0 Å².